The van der Waals surface area contributed by atoms with Crippen LogP contribution >= 0.6 is 0 Å². The third-order valence-electron chi connectivity index (χ3n) is 0.204. The SMILES string of the molecule is C1CO1.NC(N)=O. The highest BCUT2D eigenvalue weighted by molar-refractivity contribution is 5.69. The van der Waals surface area contributed by atoms with E-state index in [9.17, 15) is 0 Å². The quantitative estimate of drug-likeness (QED) is 0.388. The molecule has 2 amide bonds. The molecule has 4 heteroatoms. The summed E-state index contributed by atoms with van der Waals surface area (Å²) in [6.45, 7) is 2.00. The average Bonchev–Trinajstić information content (AvgIpc) is 2.02. The van der Waals surface area contributed by atoms with Crippen LogP contribution in [0.5, 0.6) is 0 Å². The summed E-state index contributed by atoms with van der Waals surface area (Å²) in [5.41, 5.74) is 8.50. The van der Waals surface area contributed by atoms with Crippen LogP contribution < -0.4 is 11.5 Å². The van der Waals surface area contributed by atoms with E-state index in [0.717, 1.165) is 13.2 Å². The van der Waals surface area contributed by atoms with E-state index < -0.39 is 6.03 Å². The molecule has 0 spiro atoms. The molecule has 7 heavy (non-hydrogen) atoms. The molecule has 4 N–H and O–H groups in total. The number of hydrogen-bond donors (Lipinski definition) is 2. The predicted molar refractivity (Wildman–Crippen MR) is 24.6 cm³/mol. The molecule has 1 aliphatic rings. The van der Waals surface area contributed by atoms with Gasteiger partial charge in [-0.3, -0.25) is 0 Å². The number of ether oxygens (including phenoxy) is 1. The molecule has 0 aliphatic carbocycles. The molecule has 0 aromatic heterocycles. The van der Waals surface area contributed by atoms with Crippen LogP contribution in [0.2, 0.25) is 0 Å². The van der Waals surface area contributed by atoms with Crippen molar-refractivity contribution in [2.45, 2.75) is 0 Å². The highest BCUT2D eigenvalue weighted by Crippen LogP contribution is 1.84. The zero-order valence-electron chi connectivity index (χ0n) is 3.89. The number of amides is 2. The lowest BCUT2D eigenvalue weighted by Crippen LogP contribution is -2.18. The molecule has 1 heterocycles. The number of nitrogens with two attached hydrogens (primary N) is 2. The maximum absolute atomic E-state index is 9.00. The Morgan fingerprint density at radius 3 is 1.57 bits per heavy atom. The fourth-order valence-electron chi connectivity index (χ4n) is 0. The molecule has 42 valence electrons. The maximum atomic E-state index is 9.00. The first kappa shape index (κ1) is 6.23. The van der Waals surface area contributed by atoms with E-state index in [2.05, 4.69) is 16.2 Å². The summed E-state index contributed by atoms with van der Waals surface area (Å²) >= 11 is 0. The number of hydrogen-bond acceptors (Lipinski definition) is 2. The maximum Gasteiger partial charge on any atom is 0.309 e. The summed E-state index contributed by atoms with van der Waals surface area (Å²) in [5, 5.41) is 0. The van der Waals surface area contributed by atoms with Gasteiger partial charge in [-0.1, -0.05) is 0 Å². The molecular formula is C3H8N2O2. The van der Waals surface area contributed by atoms with E-state index in [4.69, 9.17) is 4.79 Å². The fraction of sp³-hybridized carbons (Fsp3) is 0.667. The van der Waals surface area contributed by atoms with Gasteiger partial charge < -0.3 is 16.2 Å². The molecule has 0 aromatic rings. The zero-order chi connectivity index (χ0) is 5.70. The minimum atomic E-state index is -0.833. The minimum Gasteiger partial charge on any atom is -0.377 e. The van der Waals surface area contributed by atoms with Gasteiger partial charge in [0.2, 0.25) is 0 Å². The number of primary amides is 2. The van der Waals surface area contributed by atoms with Crippen LogP contribution in [0.25, 0.3) is 0 Å². The first-order chi connectivity index (χ1) is 3.23. The summed E-state index contributed by atoms with van der Waals surface area (Å²) in [7, 11) is 0. The highest BCUT2D eigenvalue weighted by Gasteiger charge is 1.94. The molecule has 1 fully saturated rings. The molecule has 0 saturated carbocycles. The van der Waals surface area contributed by atoms with Crippen LogP contribution in [-0.4, -0.2) is 19.2 Å². The zero-order valence-corrected chi connectivity index (χ0v) is 3.89. The lowest BCUT2D eigenvalue weighted by molar-refractivity contribution is 0.256. The standard InChI is InChI=1S/C2H4O.CH4N2O/c1-2-3-1;2-1(3)4/h1-2H2;(H4,2,3,4). The van der Waals surface area contributed by atoms with E-state index in [-0.39, 0.29) is 0 Å². The van der Waals surface area contributed by atoms with E-state index in [1.165, 1.54) is 0 Å². The van der Waals surface area contributed by atoms with Crippen molar-refractivity contribution < 1.29 is 9.53 Å². The average molecular weight is 104 g/mol. The van der Waals surface area contributed by atoms with Gasteiger partial charge in [-0.25, -0.2) is 4.79 Å². The van der Waals surface area contributed by atoms with Crippen molar-refractivity contribution >= 4 is 6.03 Å². The monoisotopic (exact) mass is 104 g/mol. The minimum absolute atomic E-state index is 0.833. The van der Waals surface area contributed by atoms with Gasteiger partial charge in [0.05, 0.1) is 13.2 Å². The number of carbonyl (C=O) groups is 1. The molecule has 1 saturated heterocycles. The Bertz CT molecular complexity index is 55.2. The third kappa shape index (κ3) is 1030. The van der Waals surface area contributed by atoms with E-state index >= 15 is 0 Å². The molecule has 4 nitrogen and oxygen atoms in total. The molecular weight excluding hydrogens is 96.0 g/mol. The Morgan fingerprint density at radius 2 is 1.57 bits per heavy atom. The Morgan fingerprint density at radius 1 is 1.43 bits per heavy atom. The molecule has 1 rings (SSSR count). The van der Waals surface area contributed by atoms with Gasteiger partial charge in [-0.05, 0) is 0 Å². The van der Waals surface area contributed by atoms with Crippen LogP contribution in [0.3, 0.4) is 0 Å². The van der Waals surface area contributed by atoms with Crippen molar-refractivity contribution in [2.75, 3.05) is 13.2 Å². The molecule has 0 radical (unpaired) electrons. The lowest BCUT2D eigenvalue weighted by atomic mass is 11.0. The lowest BCUT2D eigenvalue weighted by Gasteiger charge is -1.62. The number of urea groups is 1. The molecule has 0 atom stereocenters. The highest BCUT2D eigenvalue weighted by atomic mass is 16.6. The number of rotatable bonds is 0. The van der Waals surface area contributed by atoms with Crippen molar-refractivity contribution in [3.8, 4) is 0 Å². The van der Waals surface area contributed by atoms with Crippen molar-refractivity contribution in [3.63, 3.8) is 0 Å². The van der Waals surface area contributed by atoms with Crippen molar-refractivity contribution in [1.82, 2.24) is 0 Å². The second-order valence-electron chi connectivity index (χ2n) is 1.01. The Balaban J connectivity index is 0.000000105. The van der Waals surface area contributed by atoms with Crippen LogP contribution in [0.1, 0.15) is 0 Å². The van der Waals surface area contributed by atoms with Crippen LogP contribution in [0.15, 0.2) is 0 Å². The summed E-state index contributed by atoms with van der Waals surface area (Å²) in [5.74, 6) is 0. The van der Waals surface area contributed by atoms with E-state index in [1.54, 1.807) is 0 Å². The topological polar surface area (TPSA) is 81.6 Å². The van der Waals surface area contributed by atoms with Gasteiger partial charge >= 0.3 is 6.03 Å². The van der Waals surface area contributed by atoms with Gasteiger partial charge in [0.15, 0.2) is 0 Å². The second kappa shape index (κ2) is 3.42. The van der Waals surface area contributed by atoms with Crippen molar-refractivity contribution in [1.29, 1.82) is 0 Å². The van der Waals surface area contributed by atoms with Gasteiger partial charge in [-0.2, -0.15) is 0 Å². The normalized spacial score (nSPS) is 13.7. The van der Waals surface area contributed by atoms with Crippen LogP contribution in [-0.2, 0) is 4.74 Å². The smallest absolute Gasteiger partial charge is 0.309 e. The van der Waals surface area contributed by atoms with E-state index in [0.29, 0.717) is 0 Å². The summed E-state index contributed by atoms with van der Waals surface area (Å²) in [6.07, 6.45) is 0. The molecule has 0 bridgehead atoms. The fourth-order valence-corrected chi connectivity index (χ4v) is 0. The summed E-state index contributed by atoms with van der Waals surface area (Å²) in [4.78, 5) is 9.00. The van der Waals surface area contributed by atoms with Gasteiger partial charge in [0, 0.05) is 0 Å². The largest absolute Gasteiger partial charge is 0.377 e. The number of epoxide rings is 1. The first-order valence-electron chi connectivity index (χ1n) is 1.86. The van der Waals surface area contributed by atoms with Gasteiger partial charge in [0.1, 0.15) is 0 Å². The van der Waals surface area contributed by atoms with Crippen LogP contribution in [0.4, 0.5) is 4.79 Å². The first-order valence-corrected chi connectivity index (χ1v) is 1.86. The summed E-state index contributed by atoms with van der Waals surface area (Å²) < 4.78 is 4.50. The van der Waals surface area contributed by atoms with Crippen molar-refractivity contribution in [3.05, 3.63) is 0 Å². The van der Waals surface area contributed by atoms with Crippen LogP contribution in [0, 0.1) is 0 Å². The summed E-state index contributed by atoms with van der Waals surface area (Å²) in [6, 6.07) is -0.833. The van der Waals surface area contributed by atoms with Gasteiger partial charge in [0.25, 0.3) is 0 Å². The number of carbonyl (C=O) groups excluding carboxylic acids is 1. The predicted octanol–water partition coefficient (Wildman–Crippen LogP) is -0.960. The Kier molecular flexibility index (Phi) is 3.04. The van der Waals surface area contributed by atoms with E-state index in [1.807, 2.05) is 0 Å². The molecule has 0 unspecified atom stereocenters. The molecule has 0 aromatic carbocycles. The van der Waals surface area contributed by atoms with Crippen molar-refractivity contribution in [2.24, 2.45) is 11.5 Å². The Hall–Kier alpha value is -0.770. The second-order valence-corrected chi connectivity index (χ2v) is 1.01. The third-order valence-corrected chi connectivity index (χ3v) is 0.204. The Labute approximate surface area is 41.4 Å². The van der Waals surface area contributed by atoms with Gasteiger partial charge in [-0.15, -0.1) is 0 Å². The molecule has 1 aliphatic heterocycles.